The van der Waals surface area contributed by atoms with Gasteiger partial charge in [0.15, 0.2) is 0 Å². The third-order valence-corrected chi connectivity index (χ3v) is 3.74. The summed E-state index contributed by atoms with van der Waals surface area (Å²) in [6.07, 6.45) is 5.56. The summed E-state index contributed by atoms with van der Waals surface area (Å²) in [7, 11) is 0. The van der Waals surface area contributed by atoms with E-state index in [4.69, 9.17) is 11.6 Å². The van der Waals surface area contributed by atoms with Crippen molar-refractivity contribution >= 4 is 11.6 Å². The van der Waals surface area contributed by atoms with Gasteiger partial charge >= 0.3 is 0 Å². The van der Waals surface area contributed by atoms with Crippen molar-refractivity contribution in [3.05, 3.63) is 81.9 Å². The Kier molecular flexibility index (Phi) is 3.21. The highest BCUT2D eigenvalue weighted by molar-refractivity contribution is 6.30. The van der Waals surface area contributed by atoms with Crippen LogP contribution in [0.5, 0.6) is 0 Å². The lowest BCUT2D eigenvalue weighted by atomic mass is 9.89. The average Bonchev–Trinajstić information content (AvgIpc) is 2.41. The van der Waals surface area contributed by atoms with Crippen LogP contribution in [0.4, 0.5) is 0 Å². The molecule has 0 aromatic heterocycles. The van der Waals surface area contributed by atoms with E-state index in [1.165, 1.54) is 22.3 Å². The van der Waals surface area contributed by atoms with Crippen molar-refractivity contribution in [1.29, 1.82) is 0 Å². The molecule has 0 saturated carbocycles. The molecule has 1 aliphatic carbocycles. The summed E-state index contributed by atoms with van der Waals surface area (Å²) in [5.74, 6) is 0. The van der Waals surface area contributed by atoms with E-state index in [1.807, 2.05) is 12.1 Å². The van der Waals surface area contributed by atoms with Gasteiger partial charge in [-0.25, -0.2) is 0 Å². The normalized spacial score (nSPS) is 13.9. The molecule has 0 aliphatic heterocycles. The summed E-state index contributed by atoms with van der Waals surface area (Å²) in [4.78, 5) is 0. The van der Waals surface area contributed by atoms with E-state index in [0.717, 1.165) is 24.3 Å². The highest BCUT2D eigenvalue weighted by Gasteiger charge is 2.10. The van der Waals surface area contributed by atoms with Gasteiger partial charge in [0.1, 0.15) is 0 Å². The molecule has 0 fully saturated rings. The maximum atomic E-state index is 5.91. The summed E-state index contributed by atoms with van der Waals surface area (Å²) in [6, 6.07) is 16.9. The molecule has 0 bridgehead atoms. The monoisotopic (exact) mass is 254 g/mol. The highest BCUT2D eigenvalue weighted by atomic mass is 35.5. The zero-order chi connectivity index (χ0) is 12.4. The van der Waals surface area contributed by atoms with Crippen LogP contribution in [0.3, 0.4) is 0 Å². The number of fused-ring (bicyclic) bond motifs is 1. The minimum atomic E-state index is 0.807. The largest absolute Gasteiger partial charge is 0.0843 e. The zero-order valence-electron chi connectivity index (χ0n) is 10.2. The molecule has 0 amide bonds. The van der Waals surface area contributed by atoms with E-state index >= 15 is 0 Å². The quantitative estimate of drug-likeness (QED) is 0.687. The van der Waals surface area contributed by atoms with Crippen LogP contribution in [0.15, 0.2) is 60.2 Å². The number of halogens is 1. The lowest BCUT2D eigenvalue weighted by Crippen LogP contribution is -2.04. The Labute approximate surface area is 113 Å². The summed E-state index contributed by atoms with van der Waals surface area (Å²) < 4.78 is 0. The average molecular weight is 255 g/mol. The van der Waals surface area contributed by atoms with Gasteiger partial charge < -0.3 is 0 Å². The van der Waals surface area contributed by atoms with Crippen LogP contribution in [-0.2, 0) is 19.3 Å². The van der Waals surface area contributed by atoms with Crippen molar-refractivity contribution in [2.75, 3.05) is 0 Å². The molecule has 2 aromatic rings. The van der Waals surface area contributed by atoms with Gasteiger partial charge in [-0.15, -0.1) is 0 Å². The Hall–Kier alpha value is -1.53. The maximum absolute atomic E-state index is 5.91. The molecular weight excluding hydrogens is 240 g/mol. The minimum Gasteiger partial charge on any atom is -0.0843 e. The molecule has 0 radical (unpaired) electrons. The lowest BCUT2D eigenvalue weighted by Gasteiger charge is -2.17. The molecule has 0 saturated heterocycles. The first-order valence-corrected chi connectivity index (χ1v) is 6.68. The molecule has 0 spiro atoms. The Morgan fingerprint density at radius 3 is 2.39 bits per heavy atom. The number of rotatable bonds is 2. The van der Waals surface area contributed by atoms with Gasteiger partial charge in [0.2, 0.25) is 0 Å². The van der Waals surface area contributed by atoms with Gasteiger partial charge in [-0.2, -0.15) is 0 Å². The Morgan fingerprint density at radius 1 is 0.889 bits per heavy atom. The molecule has 1 aliphatic rings. The highest BCUT2D eigenvalue weighted by Crippen LogP contribution is 2.23. The van der Waals surface area contributed by atoms with E-state index in [0.29, 0.717) is 0 Å². The molecular formula is C17H15Cl. The van der Waals surface area contributed by atoms with Crippen LogP contribution in [0, 0.1) is 0 Å². The number of benzene rings is 2. The van der Waals surface area contributed by atoms with E-state index in [9.17, 15) is 0 Å². The first-order valence-electron chi connectivity index (χ1n) is 6.30. The fourth-order valence-corrected chi connectivity index (χ4v) is 2.63. The lowest BCUT2D eigenvalue weighted by molar-refractivity contribution is 0.957. The molecule has 0 nitrogen and oxygen atoms in total. The predicted molar refractivity (Wildman–Crippen MR) is 77.1 cm³/mol. The molecule has 18 heavy (non-hydrogen) atoms. The summed E-state index contributed by atoms with van der Waals surface area (Å²) in [6.45, 7) is 0. The maximum Gasteiger partial charge on any atom is 0.0406 e. The number of hydrogen-bond acceptors (Lipinski definition) is 0. The standard InChI is InChI=1S/C17H15Cl/c18-17-9-6-13(7-10-17)11-14-5-8-15-3-1-2-4-16(15)12-14/h1-7,9-10H,8,11-12H2. The second-order valence-corrected chi connectivity index (χ2v) is 5.25. The molecule has 1 heteroatoms. The first kappa shape index (κ1) is 11.6. The van der Waals surface area contributed by atoms with Crippen molar-refractivity contribution in [1.82, 2.24) is 0 Å². The van der Waals surface area contributed by atoms with Gasteiger partial charge in [-0.1, -0.05) is 59.6 Å². The minimum absolute atomic E-state index is 0.807. The van der Waals surface area contributed by atoms with Gasteiger partial charge in [0.05, 0.1) is 0 Å². The summed E-state index contributed by atoms with van der Waals surface area (Å²) in [5, 5.41) is 0.807. The van der Waals surface area contributed by atoms with Gasteiger partial charge in [0, 0.05) is 5.02 Å². The van der Waals surface area contributed by atoms with Crippen LogP contribution >= 0.6 is 11.6 Å². The molecule has 3 rings (SSSR count). The first-order chi connectivity index (χ1) is 8.81. The molecule has 90 valence electrons. The number of allylic oxidation sites excluding steroid dienone is 2. The molecule has 0 N–H and O–H groups in total. The fourth-order valence-electron chi connectivity index (χ4n) is 2.50. The second kappa shape index (κ2) is 4.99. The Balaban J connectivity index is 1.76. The third kappa shape index (κ3) is 2.49. The van der Waals surface area contributed by atoms with Gasteiger partial charge in [-0.3, -0.25) is 0 Å². The van der Waals surface area contributed by atoms with Crippen molar-refractivity contribution in [2.24, 2.45) is 0 Å². The van der Waals surface area contributed by atoms with Crippen LogP contribution in [-0.4, -0.2) is 0 Å². The smallest absolute Gasteiger partial charge is 0.0406 e. The molecule has 0 heterocycles. The predicted octanol–water partition coefficient (Wildman–Crippen LogP) is 4.61. The number of hydrogen-bond donors (Lipinski definition) is 0. The Bertz CT molecular complexity index is 579. The molecule has 0 atom stereocenters. The van der Waals surface area contributed by atoms with Crippen molar-refractivity contribution in [3.8, 4) is 0 Å². The van der Waals surface area contributed by atoms with Crippen LogP contribution in [0.2, 0.25) is 5.02 Å². The van der Waals surface area contributed by atoms with E-state index in [2.05, 4.69) is 42.5 Å². The van der Waals surface area contributed by atoms with E-state index in [1.54, 1.807) is 0 Å². The van der Waals surface area contributed by atoms with Crippen molar-refractivity contribution < 1.29 is 0 Å². The fraction of sp³-hybridized carbons (Fsp3) is 0.176. The van der Waals surface area contributed by atoms with Gasteiger partial charge in [-0.05, 0) is 48.1 Å². The van der Waals surface area contributed by atoms with Crippen LogP contribution < -0.4 is 0 Å². The Morgan fingerprint density at radius 2 is 1.61 bits per heavy atom. The SMILES string of the molecule is Clc1ccc(CC2=CCc3ccccc3C2)cc1. The summed E-state index contributed by atoms with van der Waals surface area (Å²) in [5.41, 5.74) is 5.79. The third-order valence-electron chi connectivity index (χ3n) is 3.49. The van der Waals surface area contributed by atoms with Crippen molar-refractivity contribution in [3.63, 3.8) is 0 Å². The molecule has 2 aromatic carbocycles. The van der Waals surface area contributed by atoms with Crippen LogP contribution in [0.1, 0.15) is 16.7 Å². The second-order valence-electron chi connectivity index (χ2n) is 4.82. The molecule has 0 unspecified atom stereocenters. The van der Waals surface area contributed by atoms with Crippen LogP contribution in [0.25, 0.3) is 0 Å². The van der Waals surface area contributed by atoms with Gasteiger partial charge in [0.25, 0.3) is 0 Å². The van der Waals surface area contributed by atoms with Crippen molar-refractivity contribution in [2.45, 2.75) is 19.3 Å². The zero-order valence-corrected chi connectivity index (χ0v) is 11.0. The topological polar surface area (TPSA) is 0 Å². The van der Waals surface area contributed by atoms with E-state index < -0.39 is 0 Å². The van der Waals surface area contributed by atoms with E-state index in [-0.39, 0.29) is 0 Å². The summed E-state index contributed by atoms with van der Waals surface area (Å²) >= 11 is 5.91.